The van der Waals surface area contributed by atoms with Crippen molar-refractivity contribution in [3.63, 3.8) is 0 Å². The summed E-state index contributed by atoms with van der Waals surface area (Å²) in [5.74, 6) is 1.18. The molecule has 2 aromatic rings. The minimum Gasteiger partial charge on any atom is -0.543 e. The van der Waals surface area contributed by atoms with E-state index in [9.17, 15) is 5.11 Å². The van der Waals surface area contributed by atoms with E-state index in [1.54, 1.807) is 6.07 Å². The Balaban J connectivity index is 2.50. The summed E-state index contributed by atoms with van der Waals surface area (Å²) in [4.78, 5) is 0. The number of benzene rings is 2. The first-order valence-corrected chi connectivity index (χ1v) is 9.53. The maximum atomic E-state index is 9.91. The second-order valence-corrected chi connectivity index (χ2v) is 11.2. The average Bonchev–Trinajstić information content (AvgIpc) is 2.28. The first kappa shape index (κ1) is 13.9. The van der Waals surface area contributed by atoms with Crippen LogP contribution in [0.25, 0.3) is 10.8 Å². The molecule has 0 heterocycles. The zero-order valence-corrected chi connectivity index (χ0v) is 13.3. The van der Waals surface area contributed by atoms with Crippen molar-refractivity contribution in [1.82, 2.24) is 0 Å². The van der Waals surface area contributed by atoms with Crippen LogP contribution in [0.2, 0.25) is 18.1 Å². The third-order valence-electron chi connectivity index (χ3n) is 4.03. The Morgan fingerprint density at radius 2 is 1.53 bits per heavy atom. The Morgan fingerprint density at radius 3 is 2.16 bits per heavy atom. The van der Waals surface area contributed by atoms with Crippen molar-refractivity contribution in [2.75, 3.05) is 0 Å². The number of aromatic hydroxyl groups is 1. The number of hydrogen-bond acceptors (Lipinski definition) is 2. The lowest BCUT2D eigenvalue weighted by atomic mass is 10.1. The van der Waals surface area contributed by atoms with E-state index in [0.29, 0.717) is 5.75 Å². The highest BCUT2D eigenvalue weighted by Gasteiger charge is 2.39. The highest BCUT2D eigenvalue weighted by atomic mass is 28.4. The van der Waals surface area contributed by atoms with E-state index in [4.69, 9.17) is 4.43 Å². The summed E-state index contributed by atoms with van der Waals surface area (Å²) in [6, 6.07) is 11.4. The molecule has 0 bridgehead atoms. The summed E-state index contributed by atoms with van der Waals surface area (Å²) >= 11 is 0. The fraction of sp³-hybridized carbons (Fsp3) is 0.375. The molecule has 0 radical (unpaired) electrons. The van der Waals surface area contributed by atoms with Crippen molar-refractivity contribution in [1.29, 1.82) is 0 Å². The molecule has 1 N–H and O–H groups in total. The third kappa shape index (κ3) is 2.61. The van der Waals surface area contributed by atoms with Crippen molar-refractivity contribution < 1.29 is 9.53 Å². The first-order valence-electron chi connectivity index (χ1n) is 6.62. The van der Waals surface area contributed by atoms with Gasteiger partial charge in [-0.3, -0.25) is 0 Å². The highest BCUT2D eigenvalue weighted by Crippen LogP contribution is 2.40. The molecule has 0 fully saturated rings. The molecule has 0 aliphatic rings. The third-order valence-corrected chi connectivity index (χ3v) is 8.37. The molecule has 0 saturated heterocycles. The number of hydrogen-bond donors (Lipinski definition) is 1. The molecule has 0 aromatic heterocycles. The smallest absolute Gasteiger partial charge is 0.250 e. The van der Waals surface area contributed by atoms with Gasteiger partial charge in [-0.2, -0.15) is 0 Å². The van der Waals surface area contributed by atoms with Crippen molar-refractivity contribution in [2.24, 2.45) is 0 Å². The topological polar surface area (TPSA) is 29.5 Å². The van der Waals surface area contributed by atoms with E-state index in [-0.39, 0.29) is 5.04 Å². The van der Waals surface area contributed by atoms with Crippen LogP contribution in [-0.2, 0) is 0 Å². The van der Waals surface area contributed by atoms with Gasteiger partial charge in [0.15, 0.2) is 0 Å². The van der Waals surface area contributed by atoms with Crippen LogP contribution in [0.4, 0.5) is 0 Å². The zero-order valence-electron chi connectivity index (χ0n) is 12.3. The molecule has 0 aliphatic carbocycles. The predicted octanol–water partition coefficient (Wildman–Crippen LogP) is 4.93. The van der Waals surface area contributed by atoms with Gasteiger partial charge in [0, 0.05) is 10.8 Å². The van der Waals surface area contributed by atoms with Crippen molar-refractivity contribution in [3.8, 4) is 11.5 Å². The summed E-state index contributed by atoms with van der Waals surface area (Å²) in [5, 5.41) is 11.9. The van der Waals surface area contributed by atoms with Crippen molar-refractivity contribution in [3.05, 3.63) is 36.4 Å². The lowest BCUT2D eigenvalue weighted by Crippen LogP contribution is -2.43. The van der Waals surface area contributed by atoms with Crippen LogP contribution in [0.15, 0.2) is 36.4 Å². The molecule has 0 aliphatic heterocycles. The predicted molar refractivity (Wildman–Crippen MR) is 83.4 cm³/mol. The monoisotopic (exact) mass is 274 g/mol. The lowest BCUT2D eigenvalue weighted by molar-refractivity contribution is 0.480. The molecule has 0 atom stereocenters. The Labute approximate surface area is 116 Å². The average molecular weight is 274 g/mol. The quantitative estimate of drug-likeness (QED) is 0.787. The van der Waals surface area contributed by atoms with Gasteiger partial charge in [-0.15, -0.1) is 0 Å². The summed E-state index contributed by atoms with van der Waals surface area (Å²) < 4.78 is 6.36. The first-order chi connectivity index (χ1) is 8.72. The largest absolute Gasteiger partial charge is 0.543 e. The van der Waals surface area contributed by atoms with Crippen LogP contribution < -0.4 is 4.43 Å². The lowest BCUT2D eigenvalue weighted by Gasteiger charge is -2.36. The van der Waals surface area contributed by atoms with Gasteiger partial charge in [-0.25, -0.2) is 0 Å². The highest BCUT2D eigenvalue weighted by molar-refractivity contribution is 6.74. The number of rotatable bonds is 2. The normalized spacial score (nSPS) is 12.7. The zero-order chi connectivity index (χ0) is 14.3. The second kappa shape index (κ2) is 4.56. The molecule has 0 spiro atoms. The van der Waals surface area contributed by atoms with E-state index < -0.39 is 8.32 Å². The SMILES string of the molecule is CC(C)(C)[Si](C)(C)Oc1cccc2c(O)cccc12. The van der Waals surface area contributed by atoms with Gasteiger partial charge >= 0.3 is 0 Å². The van der Waals surface area contributed by atoms with Crippen LogP contribution in [0.3, 0.4) is 0 Å². The maximum absolute atomic E-state index is 9.91. The van der Waals surface area contributed by atoms with E-state index in [1.165, 1.54) is 0 Å². The van der Waals surface area contributed by atoms with Crippen LogP contribution in [0, 0.1) is 0 Å². The molecular formula is C16H22O2Si. The van der Waals surface area contributed by atoms with E-state index in [2.05, 4.69) is 33.9 Å². The molecule has 102 valence electrons. The van der Waals surface area contributed by atoms with Crippen molar-refractivity contribution in [2.45, 2.75) is 38.9 Å². The summed E-state index contributed by atoms with van der Waals surface area (Å²) in [5.41, 5.74) is 0. The standard InChI is InChI=1S/C16H22O2Si/c1-16(2,3)19(4,5)18-15-11-7-8-12-13(15)9-6-10-14(12)17/h6-11,17H,1-5H3. The molecule has 3 heteroatoms. The summed E-state index contributed by atoms with van der Waals surface area (Å²) in [7, 11) is -1.86. The molecule has 2 aromatic carbocycles. The molecule has 0 amide bonds. The van der Waals surface area contributed by atoms with Gasteiger partial charge in [-0.1, -0.05) is 45.0 Å². The minimum absolute atomic E-state index is 0.159. The number of phenolic OH excluding ortho intramolecular Hbond substituents is 1. The van der Waals surface area contributed by atoms with Gasteiger partial charge in [0.2, 0.25) is 0 Å². The minimum atomic E-state index is -1.86. The molecule has 2 rings (SSSR count). The van der Waals surface area contributed by atoms with Crippen LogP contribution in [0.5, 0.6) is 11.5 Å². The maximum Gasteiger partial charge on any atom is 0.250 e. The van der Waals surface area contributed by atoms with E-state index >= 15 is 0 Å². The Morgan fingerprint density at radius 1 is 0.947 bits per heavy atom. The number of fused-ring (bicyclic) bond motifs is 1. The summed E-state index contributed by atoms with van der Waals surface area (Å²) in [6.45, 7) is 11.1. The second-order valence-electron chi connectivity index (χ2n) is 6.49. The van der Waals surface area contributed by atoms with Gasteiger partial charge in [0.25, 0.3) is 8.32 Å². The molecule has 0 unspecified atom stereocenters. The van der Waals surface area contributed by atoms with Gasteiger partial charge < -0.3 is 9.53 Å². The molecule has 2 nitrogen and oxygen atoms in total. The van der Waals surface area contributed by atoms with Gasteiger partial charge in [-0.05, 0) is 30.3 Å². The van der Waals surface area contributed by atoms with Crippen LogP contribution >= 0.6 is 0 Å². The Kier molecular flexibility index (Phi) is 3.35. The fourth-order valence-electron chi connectivity index (χ4n) is 1.78. The Bertz CT molecular complexity index is 597. The molecule has 19 heavy (non-hydrogen) atoms. The van der Waals surface area contributed by atoms with Crippen LogP contribution in [-0.4, -0.2) is 13.4 Å². The molecular weight excluding hydrogens is 252 g/mol. The summed E-state index contributed by atoms with van der Waals surface area (Å²) in [6.07, 6.45) is 0. The molecule has 0 saturated carbocycles. The van der Waals surface area contributed by atoms with Gasteiger partial charge in [0.05, 0.1) is 0 Å². The van der Waals surface area contributed by atoms with Crippen molar-refractivity contribution >= 4 is 19.1 Å². The van der Waals surface area contributed by atoms with Gasteiger partial charge in [0.1, 0.15) is 11.5 Å². The number of phenols is 1. The fourth-order valence-corrected chi connectivity index (χ4v) is 2.82. The van der Waals surface area contributed by atoms with Crippen LogP contribution in [0.1, 0.15) is 20.8 Å². The van der Waals surface area contributed by atoms with E-state index in [1.807, 2.05) is 30.3 Å². The Hall–Kier alpha value is -1.48. The van der Waals surface area contributed by atoms with E-state index in [0.717, 1.165) is 16.5 Å².